The standard InChI is InChI=1S/C13H23N3O4/c1-9-6-16(7-10(2)15(9)3)12(19)14-13(11(17)18)4-5-20-8-13/h9-10H,4-8H2,1-3H3,(H,14,19)(H,17,18). The third-order valence-corrected chi connectivity index (χ3v) is 4.42. The molecule has 0 aromatic rings. The molecule has 2 amide bonds. The van der Waals surface area contributed by atoms with Gasteiger partial charge in [0.05, 0.1) is 6.61 Å². The minimum Gasteiger partial charge on any atom is -0.479 e. The Kier molecular flexibility index (Phi) is 4.19. The fourth-order valence-electron chi connectivity index (χ4n) is 2.74. The second-order valence-electron chi connectivity index (χ2n) is 5.89. The molecular formula is C13H23N3O4. The van der Waals surface area contributed by atoms with Gasteiger partial charge in [-0.25, -0.2) is 9.59 Å². The Balaban J connectivity index is 2.03. The SMILES string of the molecule is CC1CN(C(=O)NC2(C(=O)O)CCOC2)CC(C)N1C. The molecule has 0 bridgehead atoms. The number of rotatable bonds is 2. The number of amides is 2. The molecule has 2 N–H and O–H groups in total. The minimum absolute atomic E-state index is 0.0346. The zero-order valence-corrected chi connectivity index (χ0v) is 12.3. The number of likely N-dealkylation sites (N-methyl/N-ethyl adjacent to an activating group) is 1. The molecular weight excluding hydrogens is 262 g/mol. The highest BCUT2D eigenvalue weighted by Gasteiger charge is 2.45. The molecule has 2 heterocycles. The lowest BCUT2D eigenvalue weighted by Gasteiger charge is -2.43. The molecule has 2 fully saturated rings. The summed E-state index contributed by atoms with van der Waals surface area (Å²) >= 11 is 0. The van der Waals surface area contributed by atoms with Gasteiger partial charge in [0.25, 0.3) is 0 Å². The number of ether oxygens (including phenoxy) is 1. The number of carboxylic acid groups (broad SMARTS) is 1. The zero-order chi connectivity index (χ0) is 14.9. The molecule has 7 heteroatoms. The molecule has 2 aliphatic heterocycles. The van der Waals surface area contributed by atoms with Crippen molar-refractivity contribution in [3.8, 4) is 0 Å². The number of carbonyl (C=O) groups excluding carboxylic acids is 1. The van der Waals surface area contributed by atoms with Crippen LogP contribution < -0.4 is 5.32 Å². The van der Waals surface area contributed by atoms with E-state index in [2.05, 4.69) is 24.1 Å². The van der Waals surface area contributed by atoms with Crippen LogP contribution in [0.2, 0.25) is 0 Å². The van der Waals surface area contributed by atoms with Gasteiger partial charge in [-0.15, -0.1) is 0 Å². The van der Waals surface area contributed by atoms with Crippen molar-refractivity contribution in [3.63, 3.8) is 0 Å². The number of nitrogens with one attached hydrogen (secondary N) is 1. The number of hydrogen-bond donors (Lipinski definition) is 2. The van der Waals surface area contributed by atoms with Gasteiger partial charge in [-0.3, -0.25) is 4.90 Å². The predicted molar refractivity (Wildman–Crippen MR) is 72.6 cm³/mol. The zero-order valence-electron chi connectivity index (χ0n) is 12.3. The Hall–Kier alpha value is -1.34. The van der Waals surface area contributed by atoms with E-state index in [0.29, 0.717) is 26.1 Å². The van der Waals surface area contributed by atoms with Crippen molar-refractivity contribution in [2.24, 2.45) is 0 Å². The van der Waals surface area contributed by atoms with E-state index in [1.165, 1.54) is 0 Å². The van der Waals surface area contributed by atoms with E-state index in [9.17, 15) is 14.7 Å². The van der Waals surface area contributed by atoms with Gasteiger partial charge in [0.1, 0.15) is 0 Å². The van der Waals surface area contributed by atoms with Gasteiger partial charge >= 0.3 is 12.0 Å². The van der Waals surface area contributed by atoms with Crippen LogP contribution in [0.4, 0.5) is 4.79 Å². The van der Waals surface area contributed by atoms with Crippen LogP contribution in [0.5, 0.6) is 0 Å². The number of carboxylic acids is 1. The van der Waals surface area contributed by atoms with Gasteiger partial charge < -0.3 is 20.1 Å². The highest BCUT2D eigenvalue weighted by molar-refractivity contribution is 5.86. The second-order valence-corrected chi connectivity index (χ2v) is 5.89. The van der Waals surface area contributed by atoms with Crippen molar-refractivity contribution in [2.75, 3.05) is 33.4 Å². The van der Waals surface area contributed by atoms with Gasteiger partial charge in [-0.1, -0.05) is 0 Å². The number of aliphatic carboxylic acids is 1. The smallest absolute Gasteiger partial charge is 0.332 e. The Labute approximate surface area is 118 Å². The van der Waals surface area contributed by atoms with Crippen LogP contribution in [-0.2, 0) is 9.53 Å². The van der Waals surface area contributed by atoms with E-state index >= 15 is 0 Å². The summed E-state index contributed by atoms with van der Waals surface area (Å²) in [6, 6.07) is 0.194. The lowest BCUT2D eigenvalue weighted by atomic mass is 9.99. The van der Waals surface area contributed by atoms with Gasteiger partial charge in [0.2, 0.25) is 0 Å². The van der Waals surface area contributed by atoms with E-state index in [4.69, 9.17) is 4.74 Å². The number of hydrogen-bond acceptors (Lipinski definition) is 4. The van der Waals surface area contributed by atoms with Crippen molar-refractivity contribution in [3.05, 3.63) is 0 Å². The van der Waals surface area contributed by atoms with Gasteiger partial charge in [-0.05, 0) is 20.9 Å². The summed E-state index contributed by atoms with van der Waals surface area (Å²) in [4.78, 5) is 27.7. The largest absolute Gasteiger partial charge is 0.479 e. The van der Waals surface area contributed by atoms with Crippen molar-refractivity contribution < 1.29 is 19.4 Å². The molecule has 0 spiro atoms. The van der Waals surface area contributed by atoms with Crippen LogP contribution in [0.1, 0.15) is 20.3 Å². The van der Waals surface area contributed by atoms with Crippen LogP contribution >= 0.6 is 0 Å². The summed E-state index contributed by atoms with van der Waals surface area (Å²) in [6.07, 6.45) is 0.312. The number of nitrogens with zero attached hydrogens (tertiary/aromatic N) is 2. The van der Waals surface area contributed by atoms with Gasteiger partial charge in [-0.2, -0.15) is 0 Å². The molecule has 0 saturated carbocycles. The Morgan fingerprint density at radius 3 is 2.35 bits per heavy atom. The summed E-state index contributed by atoms with van der Waals surface area (Å²) in [5, 5.41) is 12.0. The first kappa shape index (κ1) is 15.1. The van der Waals surface area contributed by atoms with E-state index in [1.54, 1.807) is 4.90 Å². The maximum absolute atomic E-state index is 12.3. The average molecular weight is 285 g/mol. The van der Waals surface area contributed by atoms with Crippen molar-refractivity contribution in [2.45, 2.75) is 37.9 Å². The molecule has 0 aromatic heterocycles. The molecule has 0 aromatic carbocycles. The molecule has 20 heavy (non-hydrogen) atoms. The fourth-order valence-corrected chi connectivity index (χ4v) is 2.74. The third kappa shape index (κ3) is 2.73. The number of carbonyl (C=O) groups is 2. The summed E-state index contributed by atoms with van der Waals surface area (Å²) < 4.78 is 5.15. The van der Waals surface area contributed by atoms with Crippen LogP contribution in [0.3, 0.4) is 0 Å². The molecule has 2 saturated heterocycles. The normalized spacial score (nSPS) is 35.0. The topological polar surface area (TPSA) is 82.1 Å². The highest BCUT2D eigenvalue weighted by Crippen LogP contribution is 2.20. The lowest BCUT2D eigenvalue weighted by Crippen LogP contribution is -2.63. The molecule has 2 aliphatic rings. The fraction of sp³-hybridized carbons (Fsp3) is 0.846. The van der Waals surface area contributed by atoms with E-state index in [1.807, 2.05) is 7.05 Å². The van der Waals surface area contributed by atoms with Crippen molar-refractivity contribution in [1.29, 1.82) is 0 Å². The molecule has 3 atom stereocenters. The quantitative estimate of drug-likeness (QED) is 0.744. The van der Waals surface area contributed by atoms with Crippen molar-refractivity contribution in [1.82, 2.24) is 15.1 Å². The third-order valence-electron chi connectivity index (χ3n) is 4.42. The van der Waals surface area contributed by atoms with Crippen LogP contribution in [0.25, 0.3) is 0 Å². The van der Waals surface area contributed by atoms with E-state index in [-0.39, 0.29) is 24.7 Å². The summed E-state index contributed by atoms with van der Waals surface area (Å²) in [6.45, 7) is 5.71. The minimum atomic E-state index is -1.27. The second kappa shape index (κ2) is 5.57. The number of urea groups is 1. The predicted octanol–water partition coefficient (Wildman–Crippen LogP) is -0.0359. The molecule has 114 valence electrons. The average Bonchev–Trinajstić information content (AvgIpc) is 2.85. The van der Waals surface area contributed by atoms with Crippen LogP contribution in [0, 0.1) is 0 Å². The monoisotopic (exact) mass is 285 g/mol. The Morgan fingerprint density at radius 2 is 1.90 bits per heavy atom. The molecule has 0 aliphatic carbocycles. The van der Waals surface area contributed by atoms with Crippen molar-refractivity contribution >= 4 is 12.0 Å². The van der Waals surface area contributed by atoms with Crippen LogP contribution in [-0.4, -0.2) is 77.9 Å². The molecule has 0 radical (unpaired) electrons. The van der Waals surface area contributed by atoms with Gasteiger partial charge in [0, 0.05) is 38.2 Å². The summed E-state index contributed by atoms with van der Waals surface area (Å²) in [5.74, 6) is -1.03. The summed E-state index contributed by atoms with van der Waals surface area (Å²) in [7, 11) is 2.04. The lowest BCUT2D eigenvalue weighted by molar-refractivity contribution is -0.144. The molecule has 7 nitrogen and oxygen atoms in total. The van der Waals surface area contributed by atoms with E-state index in [0.717, 1.165) is 0 Å². The van der Waals surface area contributed by atoms with E-state index < -0.39 is 11.5 Å². The first-order valence-electron chi connectivity index (χ1n) is 6.96. The Bertz CT molecular complexity index is 383. The summed E-state index contributed by atoms with van der Waals surface area (Å²) in [5.41, 5.74) is -1.27. The maximum atomic E-state index is 12.3. The first-order valence-corrected chi connectivity index (χ1v) is 6.96. The van der Waals surface area contributed by atoms with Crippen LogP contribution in [0.15, 0.2) is 0 Å². The molecule has 3 unspecified atom stereocenters. The Morgan fingerprint density at radius 1 is 1.30 bits per heavy atom. The first-order chi connectivity index (χ1) is 9.35. The number of piperazine rings is 1. The van der Waals surface area contributed by atoms with Gasteiger partial charge in [0.15, 0.2) is 5.54 Å². The maximum Gasteiger partial charge on any atom is 0.332 e. The highest BCUT2D eigenvalue weighted by atomic mass is 16.5. The molecule has 2 rings (SSSR count).